The number of aryl methyl sites for hydroxylation is 4. The van der Waals surface area contributed by atoms with Crippen LogP contribution in [-0.4, -0.2) is 5.43 Å². The summed E-state index contributed by atoms with van der Waals surface area (Å²) in [6.07, 6.45) is 3.48. The van der Waals surface area contributed by atoms with E-state index in [0.29, 0.717) is 11.8 Å². The molecule has 49 heavy (non-hydrogen) atoms. The minimum absolute atomic E-state index is 0. The third-order valence-corrected chi connectivity index (χ3v) is 9.35. The molecule has 0 nitrogen and oxygen atoms in total. The summed E-state index contributed by atoms with van der Waals surface area (Å²) in [5, 5.41) is 5.49. The van der Waals surface area contributed by atoms with Gasteiger partial charge in [-0.05, 0) is 67.2 Å². The van der Waals surface area contributed by atoms with Gasteiger partial charge in [0.05, 0.1) is 0 Å². The molecule has 258 valence electrons. The second-order valence-electron chi connectivity index (χ2n) is 13.7. The van der Waals surface area contributed by atoms with Crippen LogP contribution in [-0.2, 0) is 29.8 Å². The molecule has 0 fully saturated rings. The molecular formula is C45H54Cl2SiZr-2. The van der Waals surface area contributed by atoms with E-state index >= 15 is 0 Å². The van der Waals surface area contributed by atoms with Crippen molar-refractivity contribution < 1.29 is 48.1 Å². The van der Waals surface area contributed by atoms with E-state index in [1.54, 1.807) is 23.3 Å². The Hall–Kier alpha value is -2.22. The van der Waals surface area contributed by atoms with E-state index in [4.69, 9.17) is 0 Å². The fourth-order valence-corrected chi connectivity index (χ4v) is 6.29. The molecule has 0 bridgehead atoms. The smallest absolute Gasteiger partial charge is 1.00 e. The van der Waals surface area contributed by atoms with Crippen molar-refractivity contribution in [2.45, 2.75) is 99.6 Å². The van der Waals surface area contributed by atoms with Crippen LogP contribution in [0.25, 0.3) is 43.8 Å². The summed E-state index contributed by atoms with van der Waals surface area (Å²) >= 11 is 1.74. The first-order valence-corrected chi connectivity index (χ1v) is 23.7. The molecule has 0 spiro atoms. The van der Waals surface area contributed by atoms with Gasteiger partial charge in [-0.1, -0.05) is 124 Å². The van der Waals surface area contributed by atoms with Crippen LogP contribution >= 0.6 is 0 Å². The fraction of sp³-hybridized carbons (Fsp3) is 0.333. The maximum atomic E-state index is 2.35. The van der Waals surface area contributed by atoms with Crippen LogP contribution in [0.15, 0.2) is 97.1 Å². The molecule has 4 heteroatoms. The van der Waals surface area contributed by atoms with Crippen LogP contribution in [0.1, 0.15) is 92.7 Å². The molecule has 6 aromatic carbocycles. The summed E-state index contributed by atoms with van der Waals surface area (Å²) in [7, 11) is 0. The number of fused-ring (bicyclic) bond motifs is 2. The molecule has 0 N–H and O–H groups in total. The van der Waals surface area contributed by atoms with E-state index in [-0.39, 0.29) is 30.2 Å². The Morgan fingerprint density at radius 2 is 0.980 bits per heavy atom. The monoisotopic (exact) mass is 782 g/mol. The van der Waals surface area contributed by atoms with Gasteiger partial charge in [-0.2, -0.15) is 12.1 Å². The van der Waals surface area contributed by atoms with Crippen LogP contribution in [0.5, 0.6) is 0 Å². The summed E-state index contributed by atoms with van der Waals surface area (Å²) in [6, 6.07) is 36.7. The van der Waals surface area contributed by atoms with Crippen molar-refractivity contribution in [1.29, 1.82) is 0 Å². The van der Waals surface area contributed by atoms with E-state index in [0.717, 1.165) is 6.42 Å². The Kier molecular flexibility index (Phi) is 17.5. The zero-order valence-corrected chi connectivity index (χ0v) is 36.2. The van der Waals surface area contributed by atoms with Gasteiger partial charge in [0.2, 0.25) is 0 Å². The van der Waals surface area contributed by atoms with Gasteiger partial charge in [0.15, 0.2) is 0 Å². The first kappa shape index (κ1) is 42.9. The maximum absolute atomic E-state index is 2.35. The standard InChI is InChI=1S/C22H25.C21H23.C2H6Si.2ClH.Zr/c1-5-16(4)18-7-9-19(10-8-18)21-12-15(3)11-20-13-17(6-2)14-22(20)21;1-5-16(4)17-6-8-18(9-7-17)20-12-14(2)10-19-11-15(3)13-21(19)20;1-3-2;;;/h7-14,16H,5-6H2,1-4H3;6-13,16H,5H2,1-4H3;1-2H3;2*1H;/q2*-1;;;;+2/p-2. The summed E-state index contributed by atoms with van der Waals surface area (Å²) in [5.74, 6) is 1.27. The second kappa shape index (κ2) is 20.0. The van der Waals surface area contributed by atoms with Gasteiger partial charge in [-0.3, -0.25) is 0 Å². The molecule has 0 aromatic heterocycles. The molecule has 2 atom stereocenters. The molecule has 0 aliphatic heterocycles. The molecule has 0 radical (unpaired) electrons. The zero-order chi connectivity index (χ0) is 34.2. The Morgan fingerprint density at radius 1 is 0.592 bits per heavy atom. The van der Waals surface area contributed by atoms with Crippen molar-refractivity contribution in [2.24, 2.45) is 0 Å². The third-order valence-electron chi connectivity index (χ3n) is 9.35. The zero-order valence-electron chi connectivity index (χ0n) is 31.3. The van der Waals surface area contributed by atoms with Gasteiger partial charge >= 0.3 is 41.9 Å². The molecule has 0 saturated carbocycles. The predicted molar refractivity (Wildman–Crippen MR) is 208 cm³/mol. The number of halogens is 2. The molecule has 2 unspecified atom stereocenters. The van der Waals surface area contributed by atoms with Gasteiger partial charge < -0.3 is 24.8 Å². The van der Waals surface area contributed by atoms with Crippen molar-refractivity contribution in [2.75, 3.05) is 0 Å². The summed E-state index contributed by atoms with van der Waals surface area (Å²) in [4.78, 5) is 0. The number of hydrogen-bond donors (Lipinski definition) is 0. The Labute approximate surface area is 325 Å². The van der Waals surface area contributed by atoms with E-state index in [9.17, 15) is 0 Å². The Morgan fingerprint density at radius 3 is 1.37 bits per heavy atom. The fourth-order valence-electron chi connectivity index (χ4n) is 6.29. The average molecular weight is 785 g/mol. The second-order valence-corrected chi connectivity index (χ2v) is 23.1. The van der Waals surface area contributed by atoms with Crippen molar-refractivity contribution in [3.63, 3.8) is 0 Å². The largest absolute Gasteiger partial charge is 1.00 e. The van der Waals surface area contributed by atoms with E-state index in [1.165, 1.54) is 90.0 Å². The number of hydrogen-bond acceptors (Lipinski definition) is 0. The quantitative estimate of drug-likeness (QED) is 0.115. The van der Waals surface area contributed by atoms with Crippen LogP contribution in [0.2, 0.25) is 13.1 Å². The summed E-state index contributed by atoms with van der Waals surface area (Å²) in [5.41, 5.74) is 13.9. The molecule has 0 aliphatic rings. The molecule has 0 heterocycles. The van der Waals surface area contributed by atoms with Crippen LogP contribution in [0.4, 0.5) is 0 Å². The van der Waals surface area contributed by atoms with Crippen molar-refractivity contribution in [3.8, 4) is 22.3 Å². The SMILES string of the molecule is CCC(C)c1ccc(-c2cc(C)cc3[cH-]c(C)cc23)cc1.CCc1cc2c(-c3ccc(C(C)CC)cc3)cc(C)cc2[cH-]1.C[Si](C)=[Zr+2].[Cl-].[Cl-]. The first-order chi connectivity index (χ1) is 22.4. The minimum Gasteiger partial charge on any atom is -1.00 e. The van der Waals surface area contributed by atoms with E-state index in [2.05, 4.69) is 166 Å². The van der Waals surface area contributed by atoms with E-state index in [1.807, 2.05) is 0 Å². The summed E-state index contributed by atoms with van der Waals surface area (Å²) < 4.78 is 0. The van der Waals surface area contributed by atoms with Crippen molar-refractivity contribution in [3.05, 3.63) is 130 Å². The van der Waals surface area contributed by atoms with Crippen molar-refractivity contribution in [1.82, 2.24) is 0 Å². The van der Waals surface area contributed by atoms with Crippen molar-refractivity contribution >= 4 is 27.0 Å². The minimum atomic E-state index is 0. The van der Waals surface area contributed by atoms with Crippen LogP contribution in [0.3, 0.4) is 0 Å². The first-order valence-electron chi connectivity index (χ1n) is 17.5. The Bertz CT molecular complexity index is 1920. The molecular weight excluding hydrogens is 731 g/mol. The maximum Gasteiger partial charge on any atom is -1.00 e. The van der Waals surface area contributed by atoms with Gasteiger partial charge in [-0.15, -0.1) is 56.9 Å². The third kappa shape index (κ3) is 11.4. The molecule has 6 rings (SSSR count). The van der Waals surface area contributed by atoms with E-state index < -0.39 is 0 Å². The van der Waals surface area contributed by atoms with Crippen LogP contribution in [0, 0.1) is 20.8 Å². The van der Waals surface area contributed by atoms with Gasteiger partial charge in [-0.25, -0.2) is 0 Å². The van der Waals surface area contributed by atoms with Gasteiger partial charge in [0.25, 0.3) is 0 Å². The molecule has 6 aromatic rings. The molecule has 0 saturated heterocycles. The average Bonchev–Trinajstić information content (AvgIpc) is 3.65. The Balaban J connectivity index is 0.000000296. The predicted octanol–water partition coefficient (Wildman–Crippen LogP) is 7.76. The van der Waals surface area contributed by atoms with Gasteiger partial charge in [0, 0.05) is 0 Å². The normalized spacial score (nSPS) is 11.8. The molecule has 0 amide bonds. The van der Waals surface area contributed by atoms with Crippen LogP contribution < -0.4 is 24.8 Å². The van der Waals surface area contributed by atoms with Gasteiger partial charge in [0.1, 0.15) is 0 Å². The number of rotatable bonds is 7. The summed E-state index contributed by atoms with van der Waals surface area (Å²) in [6.45, 7) is 22.5. The topological polar surface area (TPSA) is 0 Å². The molecule has 0 aliphatic carbocycles. The number of benzene rings is 4.